The van der Waals surface area contributed by atoms with Crippen LogP contribution in [0, 0.1) is 11.2 Å². The number of carbonyl (C=O) groups excluding carboxylic acids is 2. The van der Waals surface area contributed by atoms with Gasteiger partial charge in [-0.05, 0) is 48.6 Å². The van der Waals surface area contributed by atoms with Gasteiger partial charge >= 0.3 is 5.97 Å². The average Bonchev–Trinajstić information content (AvgIpc) is 2.93. The van der Waals surface area contributed by atoms with Crippen LogP contribution < -0.4 is 0 Å². The van der Waals surface area contributed by atoms with Crippen molar-refractivity contribution >= 4 is 11.8 Å². The van der Waals surface area contributed by atoms with E-state index in [0.717, 1.165) is 11.1 Å². The zero-order valence-electron chi connectivity index (χ0n) is 12.8. The Morgan fingerprint density at radius 3 is 2.48 bits per heavy atom. The van der Waals surface area contributed by atoms with Gasteiger partial charge in [0.2, 0.25) is 0 Å². The molecule has 2 aromatic rings. The number of benzene rings is 2. The lowest BCUT2D eigenvalue weighted by atomic mass is 9.81. The van der Waals surface area contributed by atoms with Crippen LogP contribution in [-0.4, -0.2) is 11.8 Å². The number of esters is 1. The van der Waals surface area contributed by atoms with Crippen molar-refractivity contribution in [2.45, 2.75) is 26.4 Å². The molecule has 118 valence electrons. The summed E-state index contributed by atoms with van der Waals surface area (Å²) in [7, 11) is 0. The van der Waals surface area contributed by atoms with Crippen LogP contribution >= 0.6 is 0 Å². The minimum Gasteiger partial charge on any atom is -0.460 e. The Hall–Kier alpha value is -2.49. The highest BCUT2D eigenvalue weighted by Gasteiger charge is 2.49. The Kier molecular flexibility index (Phi) is 3.99. The van der Waals surface area contributed by atoms with E-state index in [1.54, 1.807) is 6.07 Å². The van der Waals surface area contributed by atoms with Crippen LogP contribution in [0.4, 0.5) is 4.39 Å². The van der Waals surface area contributed by atoms with Crippen molar-refractivity contribution in [2.24, 2.45) is 5.41 Å². The van der Waals surface area contributed by atoms with Gasteiger partial charge in [0, 0.05) is 0 Å². The Morgan fingerprint density at radius 1 is 1.09 bits per heavy atom. The summed E-state index contributed by atoms with van der Waals surface area (Å²) in [6, 6.07) is 13.7. The van der Waals surface area contributed by atoms with E-state index in [1.165, 1.54) is 19.1 Å². The molecule has 0 saturated heterocycles. The summed E-state index contributed by atoms with van der Waals surface area (Å²) in [5.74, 6) is -1.14. The topological polar surface area (TPSA) is 43.4 Å². The number of hydrogen-bond donors (Lipinski definition) is 0. The van der Waals surface area contributed by atoms with E-state index in [1.807, 2.05) is 30.3 Å². The first-order chi connectivity index (χ1) is 11.0. The average molecular weight is 312 g/mol. The normalized spacial score (nSPS) is 19.2. The van der Waals surface area contributed by atoms with Crippen molar-refractivity contribution in [3.63, 3.8) is 0 Å². The summed E-state index contributed by atoms with van der Waals surface area (Å²) in [5.41, 5.74) is 1.17. The van der Waals surface area contributed by atoms with E-state index in [4.69, 9.17) is 4.74 Å². The van der Waals surface area contributed by atoms with Gasteiger partial charge in [0.1, 0.15) is 23.6 Å². The molecule has 23 heavy (non-hydrogen) atoms. The fraction of sp³-hybridized carbons (Fsp3) is 0.263. The minimum atomic E-state index is -1.23. The Labute approximate surface area is 134 Å². The molecule has 0 aromatic heterocycles. The van der Waals surface area contributed by atoms with Gasteiger partial charge in [0.15, 0.2) is 0 Å². The third-order valence-corrected chi connectivity index (χ3v) is 4.43. The van der Waals surface area contributed by atoms with E-state index < -0.39 is 11.4 Å². The predicted molar refractivity (Wildman–Crippen MR) is 83.2 cm³/mol. The summed E-state index contributed by atoms with van der Waals surface area (Å²) in [6.07, 6.45) is 0.467. The molecule has 3 rings (SSSR count). The number of hydrogen-bond acceptors (Lipinski definition) is 3. The number of rotatable bonds is 4. The second-order valence-electron chi connectivity index (χ2n) is 5.97. The van der Waals surface area contributed by atoms with E-state index in [-0.39, 0.29) is 31.0 Å². The fourth-order valence-electron chi connectivity index (χ4n) is 3.04. The van der Waals surface area contributed by atoms with Crippen LogP contribution in [0.25, 0.3) is 0 Å². The van der Waals surface area contributed by atoms with Crippen molar-refractivity contribution < 1.29 is 18.7 Å². The van der Waals surface area contributed by atoms with Crippen molar-refractivity contribution in [1.29, 1.82) is 0 Å². The fourth-order valence-corrected chi connectivity index (χ4v) is 3.04. The first-order valence-electron chi connectivity index (χ1n) is 7.51. The lowest BCUT2D eigenvalue weighted by Crippen LogP contribution is -2.40. The molecule has 1 atom stereocenters. The number of carbonyl (C=O) groups is 2. The van der Waals surface area contributed by atoms with Gasteiger partial charge in [-0.2, -0.15) is 0 Å². The molecule has 2 aromatic carbocycles. The zero-order chi connectivity index (χ0) is 16.4. The van der Waals surface area contributed by atoms with Gasteiger partial charge in [-0.3, -0.25) is 9.59 Å². The molecule has 0 bridgehead atoms. The maximum absolute atomic E-state index is 13.4. The van der Waals surface area contributed by atoms with Crippen molar-refractivity contribution in [2.75, 3.05) is 0 Å². The first-order valence-corrected chi connectivity index (χ1v) is 7.51. The Bertz CT molecular complexity index is 754. The molecule has 0 fully saturated rings. The number of ether oxygens (including phenoxy) is 1. The van der Waals surface area contributed by atoms with Gasteiger partial charge in [0.05, 0.1) is 0 Å². The first kappa shape index (κ1) is 15.4. The molecule has 1 aliphatic carbocycles. The summed E-state index contributed by atoms with van der Waals surface area (Å²) >= 11 is 0. The van der Waals surface area contributed by atoms with E-state index >= 15 is 0 Å². The van der Waals surface area contributed by atoms with Gasteiger partial charge < -0.3 is 4.74 Å². The van der Waals surface area contributed by atoms with Crippen molar-refractivity contribution in [3.05, 3.63) is 71.0 Å². The molecule has 1 unspecified atom stereocenters. The monoisotopic (exact) mass is 312 g/mol. The molecule has 0 radical (unpaired) electrons. The second-order valence-corrected chi connectivity index (χ2v) is 5.97. The minimum absolute atomic E-state index is 0.124. The highest BCUT2D eigenvalue weighted by atomic mass is 19.1. The molecular formula is C19H17FO3. The third-order valence-electron chi connectivity index (χ3n) is 4.43. The van der Waals surface area contributed by atoms with Gasteiger partial charge in [-0.15, -0.1) is 0 Å². The second kappa shape index (κ2) is 5.95. The molecular weight excluding hydrogens is 295 g/mol. The maximum atomic E-state index is 13.4. The van der Waals surface area contributed by atoms with Crippen LogP contribution in [-0.2, 0) is 33.8 Å². The smallest absolute Gasteiger partial charge is 0.320 e. The molecule has 0 heterocycles. The lowest BCUT2D eigenvalue weighted by molar-refractivity contribution is -0.160. The van der Waals surface area contributed by atoms with Gasteiger partial charge in [0.25, 0.3) is 0 Å². The Balaban J connectivity index is 1.80. The lowest BCUT2D eigenvalue weighted by Gasteiger charge is -2.23. The highest BCUT2D eigenvalue weighted by Crippen LogP contribution is 2.39. The number of ketones is 1. The summed E-state index contributed by atoms with van der Waals surface area (Å²) in [6.45, 7) is 1.52. The molecule has 1 aliphatic rings. The quantitative estimate of drug-likeness (QED) is 0.643. The Morgan fingerprint density at radius 2 is 1.78 bits per heavy atom. The number of Topliss-reactive ketones (excluding diaryl/α,β-unsaturated/α-hetero) is 1. The molecule has 3 nitrogen and oxygen atoms in total. The van der Waals surface area contributed by atoms with Crippen LogP contribution in [0.1, 0.15) is 23.6 Å². The molecule has 0 amide bonds. The van der Waals surface area contributed by atoms with Crippen LogP contribution in [0.15, 0.2) is 48.5 Å². The van der Waals surface area contributed by atoms with E-state index in [0.29, 0.717) is 5.56 Å². The maximum Gasteiger partial charge on any atom is 0.320 e. The number of halogens is 1. The molecule has 0 spiro atoms. The number of fused-ring (bicyclic) bond motifs is 1. The van der Waals surface area contributed by atoms with Gasteiger partial charge in [-0.1, -0.05) is 36.4 Å². The zero-order valence-corrected chi connectivity index (χ0v) is 12.8. The van der Waals surface area contributed by atoms with E-state index in [2.05, 4.69) is 0 Å². The predicted octanol–water partition coefficient (Wildman–Crippen LogP) is 3.24. The standard InChI is InChI=1S/C19H17FO3/c1-13(21)19(10-15-7-8-17(20)9-16(15)11-19)18(22)23-12-14-5-3-2-4-6-14/h2-9H,10-12H2,1H3. The van der Waals surface area contributed by atoms with E-state index in [9.17, 15) is 14.0 Å². The summed E-state index contributed by atoms with van der Waals surface area (Å²) in [5, 5.41) is 0. The van der Waals surface area contributed by atoms with Crippen LogP contribution in [0.3, 0.4) is 0 Å². The SMILES string of the molecule is CC(=O)C1(C(=O)OCc2ccccc2)Cc2ccc(F)cc2C1. The third kappa shape index (κ3) is 2.89. The van der Waals surface area contributed by atoms with Crippen molar-refractivity contribution in [1.82, 2.24) is 0 Å². The molecule has 0 saturated carbocycles. The van der Waals surface area contributed by atoms with Crippen molar-refractivity contribution in [3.8, 4) is 0 Å². The van der Waals surface area contributed by atoms with Crippen LogP contribution in [0.2, 0.25) is 0 Å². The largest absolute Gasteiger partial charge is 0.460 e. The summed E-state index contributed by atoms with van der Waals surface area (Å²) < 4.78 is 18.8. The molecule has 0 aliphatic heterocycles. The molecule has 0 N–H and O–H groups in total. The van der Waals surface area contributed by atoms with Gasteiger partial charge in [-0.25, -0.2) is 4.39 Å². The molecule has 4 heteroatoms. The van der Waals surface area contributed by atoms with Crippen LogP contribution in [0.5, 0.6) is 0 Å². The summed E-state index contributed by atoms with van der Waals surface area (Å²) in [4.78, 5) is 24.8. The highest BCUT2D eigenvalue weighted by molar-refractivity contribution is 6.04.